The molecule has 1 aliphatic rings. The van der Waals surface area contributed by atoms with Crippen LogP contribution < -0.4 is 16.0 Å². The molecule has 1 atom stereocenters. The summed E-state index contributed by atoms with van der Waals surface area (Å²) in [6, 6.07) is 7.80. The van der Waals surface area contributed by atoms with Crippen LogP contribution in [-0.4, -0.2) is 24.9 Å². The Bertz CT molecular complexity index is 972. The molecule has 1 aliphatic carbocycles. The first kappa shape index (κ1) is 24.5. The molecule has 0 aliphatic heterocycles. The first-order chi connectivity index (χ1) is 15.0. The summed E-state index contributed by atoms with van der Waals surface area (Å²) in [5, 5.41) is 9.93. The minimum Gasteiger partial charge on any atom is -0.322 e. The molecule has 0 unspecified atom stereocenters. The van der Waals surface area contributed by atoms with Crippen LogP contribution >= 0.6 is 11.3 Å². The van der Waals surface area contributed by atoms with Crippen LogP contribution in [0.15, 0.2) is 24.3 Å². The zero-order valence-corrected chi connectivity index (χ0v) is 21.0. The summed E-state index contributed by atoms with van der Waals surface area (Å²) in [6.07, 6.45) is 2.88. The third-order valence-corrected chi connectivity index (χ3v) is 7.25. The molecule has 3 rings (SSSR count). The molecule has 0 radical (unpaired) electrons. The second kappa shape index (κ2) is 10.2. The van der Waals surface area contributed by atoms with Crippen molar-refractivity contribution in [3.63, 3.8) is 0 Å². The van der Waals surface area contributed by atoms with E-state index < -0.39 is 0 Å². The van der Waals surface area contributed by atoms with Crippen molar-refractivity contribution in [2.24, 2.45) is 17.3 Å². The molecule has 5 nitrogen and oxygen atoms in total. The van der Waals surface area contributed by atoms with Crippen LogP contribution in [0.2, 0.25) is 0 Å². The van der Waals surface area contributed by atoms with Crippen molar-refractivity contribution in [2.45, 2.75) is 60.8 Å². The number of carbonyl (C=O) groups excluding carboxylic acids is 2. The van der Waals surface area contributed by atoms with Crippen LogP contribution in [-0.2, 0) is 17.6 Å². The van der Waals surface area contributed by atoms with E-state index in [-0.39, 0.29) is 23.8 Å². The van der Waals surface area contributed by atoms with Crippen LogP contribution in [0.3, 0.4) is 0 Å². The van der Waals surface area contributed by atoms with Gasteiger partial charge in [-0.3, -0.25) is 9.59 Å². The van der Waals surface area contributed by atoms with Gasteiger partial charge in [-0.05, 0) is 73.2 Å². The van der Waals surface area contributed by atoms with Crippen molar-refractivity contribution in [1.29, 1.82) is 0 Å². The van der Waals surface area contributed by atoms with Gasteiger partial charge in [-0.2, -0.15) is 0 Å². The molecule has 1 aromatic heterocycles. The van der Waals surface area contributed by atoms with Gasteiger partial charge in [0.15, 0.2) is 0 Å². The SMILES string of the molecule is Cc1cccc(NC(=O)c2c(NC(=O)CNCC(C)C)sc3c2CC[C@H](C(C)(C)C)C3)c1. The first-order valence-corrected chi connectivity index (χ1v) is 12.4. The van der Waals surface area contributed by atoms with E-state index in [9.17, 15) is 9.59 Å². The molecule has 0 saturated carbocycles. The van der Waals surface area contributed by atoms with E-state index in [2.05, 4.69) is 50.6 Å². The quantitative estimate of drug-likeness (QED) is 0.506. The number of benzene rings is 1. The predicted octanol–water partition coefficient (Wildman–Crippen LogP) is 5.64. The Morgan fingerprint density at radius 1 is 1.19 bits per heavy atom. The fourth-order valence-electron chi connectivity index (χ4n) is 4.21. The number of fused-ring (bicyclic) bond motifs is 1. The highest BCUT2D eigenvalue weighted by molar-refractivity contribution is 7.17. The summed E-state index contributed by atoms with van der Waals surface area (Å²) >= 11 is 1.57. The van der Waals surface area contributed by atoms with Gasteiger partial charge in [0.1, 0.15) is 5.00 Å². The van der Waals surface area contributed by atoms with Crippen LogP contribution in [0.4, 0.5) is 10.7 Å². The lowest BCUT2D eigenvalue weighted by Crippen LogP contribution is -2.31. The molecule has 0 saturated heterocycles. The molecule has 1 aromatic carbocycles. The summed E-state index contributed by atoms with van der Waals surface area (Å²) in [6.45, 7) is 14.1. The summed E-state index contributed by atoms with van der Waals surface area (Å²) in [5.74, 6) is 0.786. The van der Waals surface area contributed by atoms with Crippen LogP contribution in [0, 0.1) is 24.2 Å². The van der Waals surface area contributed by atoms with Crippen molar-refractivity contribution in [3.8, 4) is 0 Å². The van der Waals surface area contributed by atoms with E-state index in [1.807, 2.05) is 31.2 Å². The smallest absolute Gasteiger partial charge is 0.258 e. The average Bonchev–Trinajstić information content (AvgIpc) is 3.03. The predicted molar refractivity (Wildman–Crippen MR) is 135 cm³/mol. The van der Waals surface area contributed by atoms with Crippen LogP contribution in [0.5, 0.6) is 0 Å². The molecule has 174 valence electrons. The molecular weight excluding hydrogens is 418 g/mol. The number of nitrogens with one attached hydrogen (secondary N) is 3. The Morgan fingerprint density at radius 2 is 1.94 bits per heavy atom. The van der Waals surface area contributed by atoms with Crippen LogP contribution in [0.1, 0.15) is 67.4 Å². The second-order valence-corrected chi connectivity index (χ2v) is 11.5. The summed E-state index contributed by atoms with van der Waals surface area (Å²) in [5.41, 5.74) is 3.82. The maximum Gasteiger partial charge on any atom is 0.258 e. The molecular formula is C26H37N3O2S. The molecule has 6 heteroatoms. The topological polar surface area (TPSA) is 70.2 Å². The summed E-state index contributed by atoms with van der Waals surface area (Å²) in [7, 11) is 0. The average molecular weight is 456 g/mol. The highest BCUT2D eigenvalue weighted by Crippen LogP contribution is 2.44. The fraction of sp³-hybridized carbons (Fsp3) is 0.538. The zero-order valence-electron chi connectivity index (χ0n) is 20.2. The molecule has 1 heterocycles. The number of aryl methyl sites for hydroxylation is 1. The second-order valence-electron chi connectivity index (χ2n) is 10.4. The number of hydrogen-bond donors (Lipinski definition) is 3. The Hall–Kier alpha value is -2.18. The van der Waals surface area contributed by atoms with Crippen LogP contribution in [0.25, 0.3) is 0 Å². The monoisotopic (exact) mass is 455 g/mol. The van der Waals surface area contributed by atoms with E-state index in [4.69, 9.17) is 0 Å². The van der Waals surface area contributed by atoms with Gasteiger partial charge in [0.2, 0.25) is 5.91 Å². The summed E-state index contributed by atoms with van der Waals surface area (Å²) in [4.78, 5) is 27.2. The lowest BCUT2D eigenvalue weighted by atomic mass is 9.72. The Balaban J connectivity index is 1.86. The minimum absolute atomic E-state index is 0.110. The number of rotatable bonds is 7. The zero-order chi connectivity index (χ0) is 23.5. The molecule has 32 heavy (non-hydrogen) atoms. The van der Waals surface area contributed by atoms with Crippen molar-refractivity contribution >= 4 is 33.8 Å². The number of thiophene rings is 1. The molecule has 2 aromatic rings. The van der Waals surface area contributed by atoms with Gasteiger partial charge in [-0.15, -0.1) is 11.3 Å². The minimum atomic E-state index is -0.146. The molecule has 0 bridgehead atoms. The lowest BCUT2D eigenvalue weighted by Gasteiger charge is -2.33. The van der Waals surface area contributed by atoms with E-state index in [0.717, 1.165) is 42.6 Å². The van der Waals surface area contributed by atoms with Crippen molar-refractivity contribution in [1.82, 2.24) is 5.32 Å². The normalized spacial score (nSPS) is 16.0. The van der Waals surface area contributed by atoms with Crippen molar-refractivity contribution in [2.75, 3.05) is 23.7 Å². The first-order valence-electron chi connectivity index (χ1n) is 11.6. The largest absolute Gasteiger partial charge is 0.322 e. The lowest BCUT2D eigenvalue weighted by molar-refractivity contribution is -0.115. The van der Waals surface area contributed by atoms with Crippen molar-refractivity contribution in [3.05, 3.63) is 45.8 Å². The van der Waals surface area contributed by atoms with Gasteiger partial charge in [0.05, 0.1) is 12.1 Å². The van der Waals surface area contributed by atoms with Gasteiger partial charge < -0.3 is 16.0 Å². The number of carbonyl (C=O) groups is 2. The van der Waals surface area contributed by atoms with E-state index in [1.54, 1.807) is 11.3 Å². The van der Waals surface area contributed by atoms with Gasteiger partial charge in [0, 0.05) is 10.6 Å². The molecule has 2 amide bonds. The third-order valence-electron chi connectivity index (χ3n) is 6.08. The van der Waals surface area contributed by atoms with Gasteiger partial charge >= 0.3 is 0 Å². The van der Waals surface area contributed by atoms with Gasteiger partial charge in [0.25, 0.3) is 5.91 Å². The fourth-order valence-corrected chi connectivity index (χ4v) is 5.56. The number of hydrogen-bond acceptors (Lipinski definition) is 4. The third kappa shape index (κ3) is 6.20. The number of anilines is 2. The molecule has 0 fully saturated rings. The highest BCUT2D eigenvalue weighted by atomic mass is 32.1. The van der Waals surface area contributed by atoms with Gasteiger partial charge in [-0.1, -0.05) is 46.8 Å². The standard InChI is InChI=1S/C26H37N3O2S/c1-16(2)14-27-15-22(30)29-25-23(24(31)28-19-9-7-8-17(3)12-19)20-11-10-18(26(4,5)6)13-21(20)32-25/h7-9,12,16,18,27H,10-11,13-15H2,1-6H3,(H,28,31)(H,29,30)/t18-/m0/s1. The van der Waals surface area contributed by atoms with E-state index in [0.29, 0.717) is 22.4 Å². The Labute approximate surface area is 196 Å². The van der Waals surface area contributed by atoms with E-state index >= 15 is 0 Å². The molecule has 3 N–H and O–H groups in total. The Kier molecular flexibility index (Phi) is 7.78. The van der Waals surface area contributed by atoms with Crippen molar-refractivity contribution < 1.29 is 9.59 Å². The molecule has 0 spiro atoms. The maximum absolute atomic E-state index is 13.4. The summed E-state index contributed by atoms with van der Waals surface area (Å²) < 4.78 is 0. The number of amides is 2. The highest BCUT2D eigenvalue weighted by Gasteiger charge is 2.34. The van der Waals surface area contributed by atoms with Gasteiger partial charge in [-0.25, -0.2) is 0 Å². The van der Waals surface area contributed by atoms with E-state index in [1.165, 1.54) is 4.88 Å². The Morgan fingerprint density at radius 3 is 2.59 bits per heavy atom. The maximum atomic E-state index is 13.4.